The van der Waals surface area contributed by atoms with Crippen molar-refractivity contribution >= 4 is 17.9 Å². The fourth-order valence-electron chi connectivity index (χ4n) is 1.34. The van der Waals surface area contributed by atoms with Gasteiger partial charge in [0.2, 0.25) is 0 Å². The van der Waals surface area contributed by atoms with Crippen molar-refractivity contribution in [2.24, 2.45) is 0 Å². The van der Waals surface area contributed by atoms with Gasteiger partial charge in [-0.1, -0.05) is 49.1 Å². The minimum absolute atomic E-state index is 0.00458. The van der Waals surface area contributed by atoms with Crippen LogP contribution in [0.1, 0.15) is 32.8 Å². The summed E-state index contributed by atoms with van der Waals surface area (Å²) >= 11 is 0. The Hall–Kier alpha value is -3.19. The van der Waals surface area contributed by atoms with Gasteiger partial charge in [0.15, 0.2) is 0 Å². The summed E-state index contributed by atoms with van der Waals surface area (Å²) in [5.74, 6) is -2.71. The number of allylic oxidation sites excluding steroid dienone is 1. The van der Waals surface area contributed by atoms with E-state index in [2.05, 4.69) is 6.58 Å². The number of aliphatic hydroxyl groups is 1. The van der Waals surface area contributed by atoms with Crippen LogP contribution in [-0.2, 0) is 20.8 Å². The third kappa shape index (κ3) is 16.3. The molecule has 1 aromatic rings. The van der Waals surface area contributed by atoms with E-state index in [1.165, 1.54) is 19.9 Å². The van der Waals surface area contributed by atoms with E-state index in [9.17, 15) is 14.4 Å². The molecule has 0 fully saturated rings. The summed E-state index contributed by atoms with van der Waals surface area (Å²) in [5, 5.41) is 33.0. The maximum absolute atomic E-state index is 10.5. The van der Waals surface area contributed by atoms with E-state index in [-0.39, 0.29) is 17.8 Å². The quantitative estimate of drug-likeness (QED) is 0.523. The van der Waals surface area contributed by atoms with Crippen molar-refractivity contribution in [1.29, 1.82) is 0 Å². The number of carbonyl (C=O) groups is 3. The Kier molecular flexibility index (Phi) is 15.5. The summed E-state index contributed by atoms with van der Waals surface area (Å²) in [4.78, 5) is 30.1. The molecule has 0 saturated carbocycles. The van der Waals surface area contributed by atoms with Crippen molar-refractivity contribution in [2.75, 3.05) is 6.61 Å². The van der Waals surface area contributed by atoms with Gasteiger partial charge in [0.1, 0.15) is 0 Å². The molecule has 1 rings (SSSR count). The number of rotatable bonds is 7. The van der Waals surface area contributed by atoms with Crippen molar-refractivity contribution in [3.05, 3.63) is 71.3 Å². The maximum Gasteiger partial charge on any atom is 0.330 e. The lowest BCUT2D eigenvalue weighted by atomic mass is 10.1. The summed E-state index contributed by atoms with van der Waals surface area (Å²) in [6, 6.07) is 9.78. The Labute approximate surface area is 165 Å². The molecule has 4 N–H and O–H groups in total. The Morgan fingerprint density at radius 2 is 1.29 bits per heavy atom. The van der Waals surface area contributed by atoms with Crippen molar-refractivity contribution < 1.29 is 34.8 Å². The molecule has 0 heterocycles. The molecular formula is C21H28O7. The molecule has 0 unspecified atom stereocenters. The van der Waals surface area contributed by atoms with Gasteiger partial charge in [0, 0.05) is 23.3 Å². The van der Waals surface area contributed by atoms with Crippen LogP contribution < -0.4 is 0 Å². The zero-order valence-corrected chi connectivity index (χ0v) is 16.4. The lowest BCUT2D eigenvalue weighted by Gasteiger charge is -1.95. The van der Waals surface area contributed by atoms with Gasteiger partial charge in [0.25, 0.3) is 0 Å². The molecule has 154 valence electrons. The number of hydrogen-bond donors (Lipinski definition) is 4. The Morgan fingerprint density at radius 1 is 0.857 bits per heavy atom. The van der Waals surface area contributed by atoms with E-state index in [0.29, 0.717) is 18.4 Å². The van der Waals surface area contributed by atoms with E-state index in [0.717, 1.165) is 5.56 Å². The molecule has 0 aliphatic carbocycles. The SMILES string of the molecule is C=C(C)C(=O)O.CC(=CCCO)C(=O)O.CC(=CCc1ccccc1)C(=O)O. The summed E-state index contributed by atoms with van der Waals surface area (Å²) < 4.78 is 0. The topological polar surface area (TPSA) is 132 Å². The normalized spacial score (nSPS) is 10.6. The molecule has 0 amide bonds. The second-order valence-electron chi connectivity index (χ2n) is 5.67. The van der Waals surface area contributed by atoms with E-state index in [4.69, 9.17) is 20.4 Å². The predicted molar refractivity (Wildman–Crippen MR) is 107 cm³/mol. The van der Waals surface area contributed by atoms with Crippen LogP contribution in [0.4, 0.5) is 0 Å². The third-order valence-electron chi connectivity index (χ3n) is 3.11. The number of hydrogen-bond acceptors (Lipinski definition) is 4. The summed E-state index contributed by atoms with van der Waals surface area (Å²) in [5.41, 5.74) is 1.98. The van der Waals surface area contributed by atoms with Gasteiger partial charge in [-0.15, -0.1) is 0 Å². The number of carboxylic acids is 3. The molecule has 0 atom stereocenters. The van der Waals surface area contributed by atoms with Gasteiger partial charge < -0.3 is 20.4 Å². The summed E-state index contributed by atoms with van der Waals surface area (Å²) in [6.45, 7) is 7.71. The van der Waals surface area contributed by atoms with Crippen LogP contribution in [0.5, 0.6) is 0 Å². The second-order valence-corrected chi connectivity index (χ2v) is 5.67. The van der Waals surface area contributed by atoms with Gasteiger partial charge in [0.05, 0.1) is 0 Å². The van der Waals surface area contributed by atoms with Crippen LogP contribution in [0.3, 0.4) is 0 Å². The van der Waals surface area contributed by atoms with Crippen LogP contribution >= 0.6 is 0 Å². The smallest absolute Gasteiger partial charge is 0.330 e. The van der Waals surface area contributed by atoms with E-state index in [1.54, 1.807) is 13.0 Å². The predicted octanol–water partition coefficient (Wildman–Crippen LogP) is 3.31. The first-order valence-electron chi connectivity index (χ1n) is 8.36. The second kappa shape index (κ2) is 16.0. The highest BCUT2D eigenvalue weighted by molar-refractivity contribution is 5.86. The van der Waals surface area contributed by atoms with Crippen LogP contribution in [-0.4, -0.2) is 44.9 Å². The molecule has 7 heteroatoms. The molecule has 28 heavy (non-hydrogen) atoms. The summed E-state index contributed by atoms with van der Waals surface area (Å²) in [7, 11) is 0. The lowest BCUT2D eigenvalue weighted by Crippen LogP contribution is -1.96. The van der Waals surface area contributed by atoms with E-state index in [1.807, 2.05) is 30.3 Å². The first-order valence-corrected chi connectivity index (χ1v) is 8.36. The van der Waals surface area contributed by atoms with Crippen molar-refractivity contribution in [2.45, 2.75) is 33.6 Å². The standard InChI is InChI=1S/C11H12O2.C6H10O3.C4H6O2/c1-9(11(12)13)7-8-10-5-3-2-4-6-10;1-5(6(8)9)3-2-4-7;1-3(2)4(5)6/h2-7H,8H2,1H3,(H,12,13);3,7H,2,4H2,1H3,(H,8,9);1H2,2H3,(H,5,6). The highest BCUT2D eigenvalue weighted by Gasteiger charge is 1.98. The van der Waals surface area contributed by atoms with Crippen LogP contribution in [0.25, 0.3) is 0 Å². The van der Waals surface area contributed by atoms with Crippen LogP contribution in [0.2, 0.25) is 0 Å². The van der Waals surface area contributed by atoms with Crippen molar-refractivity contribution in [3.63, 3.8) is 0 Å². The highest BCUT2D eigenvalue weighted by atomic mass is 16.4. The number of aliphatic carboxylic acids is 3. The molecule has 0 spiro atoms. The molecule has 0 saturated heterocycles. The molecule has 0 bridgehead atoms. The lowest BCUT2D eigenvalue weighted by molar-refractivity contribution is -0.133. The number of benzene rings is 1. The van der Waals surface area contributed by atoms with Crippen LogP contribution in [0, 0.1) is 0 Å². The molecule has 0 aromatic heterocycles. The highest BCUT2D eigenvalue weighted by Crippen LogP contribution is 2.02. The Bertz CT molecular complexity index is 689. The van der Waals surface area contributed by atoms with Gasteiger partial charge >= 0.3 is 17.9 Å². The molecule has 1 aromatic carbocycles. The Balaban J connectivity index is 0. The van der Waals surface area contributed by atoms with Gasteiger partial charge in [-0.25, -0.2) is 14.4 Å². The summed E-state index contributed by atoms with van der Waals surface area (Å²) in [6.07, 6.45) is 4.30. The minimum Gasteiger partial charge on any atom is -0.478 e. The van der Waals surface area contributed by atoms with E-state index < -0.39 is 17.9 Å². The minimum atomic E-state index is -0.935. The fourth-order valence-corrected chi connectivity index (χ4v) is 1.34. The van der Waals surface area contributed by atoms with Crippen molar-refractivity contribution in [1.82, 2.24) is 0 Å². The molecule has 0 aliphatic rings. The fraction of sp³-hybridized carbons (Fsp3) is 0.286. The third-order valence-corrected chi connectivity index (χ3v) is 3.11. The number of aliphatic hydroxyl groups excluding tert-OH is 1. The maximum atomic E-state index is 10.5. The molecule has 0 radical (unpaired) electrons. The molecular weight excluding hydrogens is 364 g/mol. The zero-order chi connectivity index (χ0) is 22.1. The van der Waals surface area contributed by atoms with Crippen LogP contribution in [0.15, 0.2) is 65.8 Å². The van der Waals surface area contributed by atoms with Gasteiger partial charge in [-0.05, 0) is 39.2 Å². The van der Waals surface area contributed by atoms with Gasteiger partial charge in [-0.2, -0.15) is 0 Å². The number of carboxylic acid groups (broad SMARTS) is 3. The average Bonchev–Trinajstić information content (AvgIpc) is 2.65. The first-order chi connectivity index (χ1) is 13.0. The average molecular weight is 392 g/mol. The van der Waals surface area contributed by atoms with Gasteiger partial charge in [-0.3, -0.25) is 0 Å². The molecule has 7 nitrogen and oxygen atoms in total. The van der Waals surface area contributed by atoms with E-state index >= 15 is 0 Å². The first kappa shape index (κ1) is 27.0. The zero-order valence-electron chi connectivity index (χ0n) is 16.4. The molecule has 0 aliphatic heterocycles. The Morgan fingerprint density at radius 3 is 1.64 bits per heavy atom. The monoisotopic (exact) mass is 392 g/mol. The largest absolute Gasteiger partial charge is 0.478 e. The van der Waals surface area contributed by atoms with Crippen molar-refractivity contribution in [3.8, 4) is 0 Å².